The number of nitrogens with one attached hydrogen (secondary N) is 3. The predicted octanol–water partition coefficient (Wildman–Crippen LogP) is 6.11. The van der Waals surface area contributed by atoms with Gasteiger partial charge < -0.3 is 20.9 Å². The quantitative estimate of drug-likeness (QED) is 0.395. The number of carbonyl (C=O) groups excluding carboxylic acids is 1. The maximum Gasteiger partial charge on any atom is 0.416 e. The average Bonchev–Trinajstić information content (AvgIpc) is 2.82. The van der Waals surface area contributed by atoms with Crippen molar-refractivity contribution in [2.45, 2.75) is 38.8 Å². The molecule has 2 aromatic rings. The Morgan fingerprint density at radius 2 is 1.66 bits per heavy atom. The summed E-state index contributed by atoms with van der Waals surface area (Å²) in [4.78, 5) is 14.5. The smallest absolute Gasteiger partial charge is 0.387 e. The van der Waals surface area contributed by atoms with E-state index < -0.39 is 11.7 Å². The lowest BCUT2D eigenvalue weighted by Gasteiger charge is -2.35. The molecule has 0 aromatic heterocycles. The second-order valence-corrected chi connectivity index (χ2v) is 8.95. The number of aryl methyl sites for hydroxylation is 1. The maximum atomic E-state index is 12.8. The van der Waals surface area contributed by atoms with Crippen LogP contribution in [0.3, 0.4) is 0 Å². The summed E-state index contributed by atoms with van der Waals surface area (Å²) in [6.45, 7) is 14.4. The number of hydrogen-bond acceptors (Lipinski definition) is 3. The number of piperidine rings is 1. The zero-order chi connectivity index (χ0) is 25.6. The molecule has 3 rings (SSSR count). The minimum absolute atomic E-state index is 0.222. The van der Waals surface area contributed by atoms with Gasteiger partial charge in [-0.05, 0) is 67.5 Å². The van der Waals surface area contributed by atoms with Gasteiger partial charge in [0.25, 0.3) is 0 Å². The Hall–Kier alpha value is -3.42. The molecule has 0 unspecified atom stereocenters. The van der Waals surface area contributed by atoms with Gasteiger partial charge in [0.1, 0.15) is 0 Å². The highest BCUT2D eigenvalue weighted by Crippen LogP contribution is 2.34. The fourth-order valence-corrected chi connectivity index (χ4v) is 4.16. The van der Waals surface area contributed by atoms with Crippen LogP contribution in [0, 0.1) is 6.92 Å². The maximum absolute atomic E-state index is 12.8. The van der Waals surface area contributed by atoms with Gasteiger partial charge in [-0.1, -0.05) is 37.4 Å². The molecule has 0 aliphatic carbocycles. The molecule has 1 aliphatic rings. The van der Waals surface area contributed by atoms with Gasteiger partial charge in [0, 0.05) is 43.3 Å². The number of hydrogen-bond donors (Lipinski definition) is 3. The molecule has 35 heavy (non-hydrogen) atoms. The Labute approximate surface area is 205 Å². The van der Waals surface area contributed by atoms with E-state index in [4.69, 9.17) is 0 Å². The number of rotatable bonds is 8. The number of benzene rings is 2. The van der Waals surface area contributed by atoms with Crippen molar-refractivity contribution >= 4 is 17.4 Å². The van der Waals surface area contributed by atoms with E-state index in [1.165, 1.54) is 0 Å². The van der Waals surface area contributed by atoms with Crippen LogP contribution in [0.2, 0.25) is 0 Å². The second-order valence-electron chi connectivity index (χ2n) is 8.95. The number of likely N-dealkylation sites (tertiary alicyclic amines) is 1. The largest absolute Gasteiger partial charge is 0.416 e. The molecule has 1 aliphatic heterocycles. The van der Waals surface area contributed by atoms with Crippen molar-refractivity contribution in [1.29, 1.82) is 0 Å². The van der Waals surface area contributed by atoms with E-state index in [1.54, 1.807) is 12.1 Å². The van der Waals surface area contributed by atoms with Crippen molar-refractivity contribution in [2.24, 2.45) is 0 Å². The molecule has 188 valence electrons. The summed E-state index contributed by atoms with van der Waals surface area (Å²) in [5.41, 5.74) is 4.61. The second kappa shape index (κ2) is 11.3. The molecule has 5 nitrogen and oxygen atoms in total. The molecule has 8 heteroatoms. The fraction of sp³-hybridized carbons (Fsp3) is 0.370. The molecular formula is C27H33F3N4O. The lowest BCUT2D eigenvalue weighted by atomic mass is 9.88. The van der Waals surface area contributed by atoms with E-state index in [0.29, 0.717) is 18.8 Å². The summed E-state index contributed by atoms with van der Waals surface area (Å²) < 4.78 is 38.5. The first-order chi connectivity index (χ1) is 16.5. The Balaban J connectivity index is 1.56. The molecule has 3 N–H and O–H groups in total. The Morgan fingerprint density at radius 1 is 1.03 bits per heavy atom. The number of allylic oxidation sites excluding steroid dienone is 1. The van der Waals surface area contributed by atoms with Gasteiger partial charge in [0.15, 0.2) is 0 Å². The average molecular weight is 487 g/mol. The number of alkyl halides is 3. The van der Waals surface area contributed by atoms with E-state index >= 15 is 0 Å². The van der Waals surface area contributed by atoms with Crippen molar-refractivity contribution in [2.75, 3.05) is 31.5 Å². The summed E-state index contributed by atoms with van der Waals surface area (Å²) in [5.74, 6) is 0.222. The van der Waals surface area contributed by atoms with Gasteiger partial charge >= 0.3 is 12.2 Å². The third kappa shape index (κ3) is 7.28. The third-order valence-corrected chi connectivity index (χ3v) is 6.24. The first kappa shape index (κ1) is 26.2. The van der Waals surface area contributed by atoms with Crippen molar-refractivity contribution < 1.29 is 18.0 Å². The van der Waals surface area contributed by atoms with Crippen molar-refractivity contribution in [3.63, 3.8) is 0 Å². The molecule has 2 amide bonds. The van der Waals surface area contributed by atoms with Crippen LogP contribution >= 0.6 is 0 Å². The van der Waals surface area contributed by atoms with Gasteiger partial charge in [0.05, 0.1) is 5.56 Å². The minimum atomic E-state index is -4.32. The number of carbonyl (C=O) groups is 1. The topological polar surface area (TPSA) is 56.4 Å². The van der Waals surface area contributed by atoms with Crippen LogP contribution in [0.1, 0.15) is 47.9 Å². The Kier molecular flexibility index (Phi) is 8.48. The molecule has 0 saturated carbocycles. The normalized spacial score (nSPS) is 14.4. The van der Waals surface area contributed by atoms with Crippen LogP contribution in [0.5, 0.6) is 0 Å². The first-order valence-electron chi connectivity index (χ1n) is 11.7. The van der Waals surface area contributed by atoms with Crippen molar-refractivity contribution in [3.05, 3.63) is 83.6 Å². The van der Waals surface area contributed by atoms with Gasteiger partial charge in [-0.2, -0.15) is 13.2 Å². The highest BCUT2D eigenvalue weighted by molar-refractivity contribution is 5.90. The van der Waals surface area contributed by atoms with Crippen LogP contribution < -0.4 is 16.0 Å². The minimum Gasteiger partial charge on any atom is -0.387 e. The van der Waals surface area contributed by atoms with Crippen LogP contribution in [0.4, 0.5) is 23.7 Å². The van der Waals surface area contributed by atoms with Gasteiger partial charge in [-0.15, -0.1) is 0 Å². The van der Waals surface area contributed by atoms with E-state index in [-0.39, 0.29) is 11.9 Å². The molecule has 0 atom stereocenters. The predicted molar refractivity (Wildman–Crippen MR) is 135 cm³/mol. The molecule has 2 aromatic carbocycles. The number of nitrogens with zero attached hydrogens (tertiary/aromatic N) is 1. The van der Waals surface area contributed by atoms with Gasteiger partial charge in [0.2, 0.25) is 0 Å². The number of halogens is 3. The van der Waals surface area contributed by atoms with Crippen LogP contribution in [-0.2, 0) is 6.18 Å². The van der Waals surface area contributed by atoms with Gasteiger partial charge in [-0.3, -0.25) is 0 Å². The fourth-order valence-electron chi connectivity index (χ4n) is 4.16. The first-order valence-corrected chi connectivity index (χ1v) is 11.7. The zero-order valence-corrected chi connectivity index (χ0v) is 20.3. The molecule has 1 fully saturated rings. The van der Waals surface area contributed by atoms with E-state index in [2.05, 4.69) is 34.0 Å². The highest BCUT2D eigenvalue weighted by Gasteiger charge is 2.30. The SMILES string of the molecule is C=C(C)NCCNC(=O)Nc1cc(C(=C)N2CCC(c3ccc(C(F)(F)F)cc3)CC2)ccc1C. The summed E-state index contributed by atoms with van der Waals surface area (Å²) in [6, 6.07) is 11.1. The lowest BCUT2D eigenvalue weighted by molar-refractivity contribution is -0.137. The molecule has 1 heterocycles. The molecular weight excluding hydrogens is 453 g/mol. The van der Waals surface area contributed by atoms with Crippen molar-refractivity contribution in [1.82, 2.24) is 15.5 Å². The van der Waals surface area contributed by atoms with Crippen LogP contribution in [-0.4, -0.2) is 37.1 Å². The number of anilines is 1. The van der Waals surface area contributed by atoms with Crippen molar-refractivity contribution in [3.8, 4) is 0 Å². The monoisotopic (exact) mass is 486 g/mol. The Morgan fingerprint density at radius 3 is 2.26 bits per heavy atom. The summed E-state index contributed by atoms with van der Waals surface area (Å²) in [6.07, 6.45) is -2.64. The van der Waals surface area contributed by atoms with Crippen LogP contribution in [0.25, 0.3) is 5.70 Å². The third-order valence-electron chi connectivity index (χ3n) is 6.24. The molecule has 0 radical (unpaired) electrons. The zero-order valence-electron chi connectivity index (χ0n) is 20.3. The van der Waals surface area contributed by atoms with Gasteiger partial charge in [-0.25, -0.2) is 4.79 Å². The van der Waals surface area contributed by atoms with E-state index in [9.17, 15) is 18.0 Å². The molecule has 0 bridgehead atoms. The molecule has 1 saturated heterocycles. The van der Waals surface area contributed by atoms with Crippen LogP contribution in [0.15, 0.2) is 61.3 Å². The highest BCUT2D eigenvalue weighted by atomic mass is 19.4. The molecule has 0 spiro atoms. The summed E-state index contributed by atoms with van der Waals surface area (Å²) in [5, 5.41) is 8.77. The standard InChI is InChI=1S/C27H33F3N4O/c1-18(2)31-13-14-32-26(35)33-25-17-23(6-5-19(25)3)20(4)34-15-11-22(12-16-34)21-7-9-24(10-8-21)27(28,29)30/h5-10,17,22,31H,1,4,11-16H2,2-3H3,(H2,32,33,35). The summed E-state index contributed by atoms with van der Waals surface area (Å²) >= 11 is 0. The summed E-state index contributed by atoms with van der Waals surface area (Å²) in [7, 11) is 0. The number of amides is 2. The van der Waals surface area contributed by atoms with E-state index in [0.717, 1.165) is 66.1 Å². The number of urea groups is 1. The van der Waals surface area contributed by atoms with E-state index in [1.807, 2.05) is 32.0 Å². The lowest BCUT2D eigenvalue weighted by Crippen LogP contribution is -2.34. The Bertz CT molecular complexity index is 1060.